The van der Waals surface area contributed by atoms with E-state index in [4.69, 9.17) is 4.74 Å². The molecule has 0 fully saturated rings. The molecule has 2 aromatic heterocycles. The third-order valence-corrected chi connectivity index (χ3v) is 4.02. The van der Waals surface area contributed by atoms with Gasteiger partial charge in [0.15, 0.2) is 11.5 Å². The van der Waals surface area contributed by atoms with Crippen LogP contribution in [0.2, 0.25) is 0 Å². The molecule has 0 radical (unpaired) electrons. The lowest BCUT2D eigenvalue weighted by Crippen LogP contribution is -2.14. The molecule has 0 aliphatic carbocycles. The van der Waals surface area contributed by atoms with E-state index in [0.29, 0.717) is 22.9 Å². The number of methoxy groups -OCH3 is 1. The fourth-order valence-corrected chi connectivity index (χ4v) is 2.65. The van der Waals surface area contributed by atoms with Gasteiger partial charge in [0.2, 0.25) is 5.91 Å². The minimum atomic E-state index is -0.106. The van der Waals surface area contributed by atoms with E-state index in [1.54, 1.807) is 17.7 Å². The maximum atomic E-state index is 12.0. The van der Waals surface area contributed by atoms with Crippen molar-refractivity contribution < 1.29 is 9.53 Å². The van der Waals surface area contributed by atoms with Crippen LogP contribution in [-0.4, -0.2) is 38.6 Å². The van der Waals surface area contributed by atoms with Gasteiger partial charge in [-0.15, -0.1) is 10.2 Å². The molecule has 0 spiro atoms. The molecule has 0 atom stereocenters. The highest BCUT2D eigenvalue weighted by Crippen LogP contribution is 2.19. The molecule has 3 aromatic rings. The molecule has 118 valence electrons. The van der Waals surface area contributed by atoms with E-state index in [2.05, 4.69) is 20.6 Å². The quantitative estimate of drug-likeness (QED) is 0.723. The smallest absolute Gasteiger partial charge is 0.234 e. The number of carbonyl (C=O) groups is 1. The average Bonchev–Trinajstić information content (AvgIpc) is 2.94. The lowest BCUT2D eigenvalue weighted by molar-refractivity contribution is -0.113. The average molecular weight is 329 g/mol. The topological polar surface area (TPSA) is 81.4 Å². The van der Waals surface area contributed by atoms with Gasteiger partial charge in [0, 0.05) is 11.8 Å². The van der Waals surface area contributed by atoms with Crippen molar-refractivity contribution in [2.24, 2.45) is 0 Å². The third kappa shape index (κ3) is 3.59. The number of amides is 1. The summed E-state index contributed by atoms with van der Waals surface area (Å²) >= 11 is 1.35. The first-order valence-corrected chi connectivity index (χ1v) is 7.90. The first-order valence-electron chi connectivity index (χ1n) is 6.91. The summed E-state index contributed by atoms with van der Waals surface area (Å²) in [6, 6.07) is 10.9. The summed E-state index contributed by atoms with van der Waals surface area (Å²) in [5.41, 5.74) is 1.39. The molecule has 8 heteroatoms. The Kier molecular flexibility index (Phi) is 4.42. The summed E-state index contributed by atoms with van der Waals surface area (Å²) in [5.74, 6) is 1.57. The van der Waals surface area contributed by atoms with Gasteiger partial charge in [-0.25, -0.2) is 0 Å². The Balaban J connectivity index is 1.62. The second-order valence-corrected chi connectivity index (χ2v) is 5.75. The van der Waals surface area contributed by atoms with Crippen LogP contribution in [0.25, 0.3) is 5.65 Å². The number of aromatic nitrogens is 4. The number of ether oxygens (including phenoxy) is 1. The number of thioether (sulfide) groups is 1. The number of fused-ring (bicyclic) bond motifs is 1. The predicted molar refractivity (Wildman–Crippen MR) is 87.9 cm³/mol. The zero-order chi connectivity index (χ0) is 16.2. The Labute approximate surface area is 137 Å². The monoisotopic (exact) mass is 329 g/mol. The molecule has 0 bridgehead atoms. The number of nitrogens with zero attached hydrogens (tertiary/aromatic N) is 4. The summed E-state index contributed by atoms with van der Waals surface area (Å²) in [6.45, 7) is 1.83. The second kappa shape index (κ2) is 6.66. The number of anilines is 1. The molecule has 0 aliphatic rings. The molecular weight excluding hydrogens is 314 g/mol. The standard InChI is InChI=1S/C15H15N5O2S/c1-10-17-18-13-6-7-15(19-20(10)13)23-9-14(21)16-11-4-3-5-12(8-11)22-2/h3-8H,9H2,1-2H3,(H,16,21). The summed E-state index contributed by atoms with van der Waals surface area (Å²) in [7, 11) is 1.59. The van der Waals surface area contributed by atoms with Gasteiger partial charge in [-0.3, -0.25) is 4.79 Å². The Morgan fingerprint density at radius 3 is 3.00 bits per heavy atom. The van der Waals surface area contributed by atoms with Crippen LogP contribution in [0.1, 0.15) is 5.82 Å². The van der Waals surface area contributed by atoms with E-state index < -0.39 is 0 Å². The fraction of sp³-hybridized carbons (Fsp3) is 0.200. The van der Waals surface area contributed by atoms with Gasteiger partial charge in [0.25, 0.3) is 0 Å². The molecule has 1 amide bonds. The van der Waals surface area contributed by atoms with E-state index >= 15 is 0 Å². The van der Waals surface area contributed by atoms with Crippen molar-refractivity contribution in [1.82, 2.24) is 19.8 Å². The number of aryl methyl sites for hydroxylation is 1. The molecular formula is C15H15N5O2S. The van der Waals surface area contributed by atoms with Crippen molar-refractivity contribution in [2.45, 2.75) is 11.9 Å². The molecule has 3 rings (SSSR count). The van der Waals surface area contributed by atoms with Crippen molar-refractivity contribution in [3.63, 3.8) is 0 Å². The van der Waals surface area contributed by atoms with Gasteiger partial charge in [-0.05, 0) is 31.2 Å². The van der Waals surface area contributed by atoms with Gasteiger partial charge in [0.05, 0.1) is 12.9 Å². The molecule has 0 aliphatic heterocycles. The maximum absolute atomic E-state index is 12.0. The molecule has 23 heavy (non-hydrogen) atoms. The van der Waals surface area contributed by atoms with Gasteiger partial charge < -0.3 is 10.1 Å². The maximum Gasteiger partial charge on any atom is 0.234 e. The van der Waals surface area contributed by atoms with E-state index in [9.17, 15) is 4.79 Å². The van der Waals surface area contributed by atoms with E-state index in [1.165, 1.54) is 11.8 Å². The summed E-state index contributed by atoms with van der Waals surface area (Å²) < 4.78 is 6.78. The summed E-state index contributed by atoms with van der Waals surface area (Å²) in [4.78, 5) is 12.0. The van der Waals surface area contributed by atoms with Crippen LogP contribution >= 0.6 is 11.8 Å². The highest BCUT2D eigenvalue weighted by Gasteiger charge is 2.08. The molecule has 0 unspecified atom stereocenters. The Morgan fingerprint density at radius 1 is 1.30 bits per heavy atom. The zero-order valence-electron chi connectivity index (χ0n) is 12.7. The number of carbonyl (C=O) groups excluding carboxylic acids is 1. The second-order valence-electron chi connectivity index (χ2n) is 4.76. The summed E-state index contributed by atoms with van der Waals surface area (Å²) in [5, 5.41) is 15.9. The number of hydrogen-bond acceptors (Lipinski definition) is 6. The van der Waals surface area contributed by atoms with Crippen LogP contribution in [0.3, 0.4) is 0 Å². The van der Waals surface area contributed by atoms with Crippen LogP contribution in [0.5, 0.6) is 5.75 Å². The SMILES string of the molecule is COc1cccc(NC(=O)CSc2ccc3nnc(C)n3n2)c1. The molecule has 7 nitrogen and oxygen atoms in total. The van der Waals surface area contributed by atoms with Crippen LogP contribution in [0.15, 0.2) is 41.4 Å². The first-order chi connectivity index (χ1) is 11.2. The Hall–Kier alpha value is -2.61. The van der Waals surface area contributed by atoms with Crippen molar-refractivity contribution >= 4 is 29.0 Å². The minimum absolute atomic E-state index is 0.106. The Morgan fingerprint density at radius 2 is 2.17 bits per heavy atom. The van der Waals surface area contributed by atoms with Crippen LogP contribution in [-0.2, 0) is 4.79 Å². The Bertz CT molecular complexity index is 849. The van der Waals surface area contributed by atoms with Gasteiger partial charge in [0.1, 0.15) is 10.8 Å². The lowest BCUT2D eigenvalue weighted by atomic mass is 10.3. The van der Waals surface area contributed by atoms with Gasteiger partial charge >= 0.3 is 0 Å². The number of rotatable bonds is 5. The van der Waals surface area contributed by atoms with Crippen LogP contribution in [0, 0.1) is 6.92 Å². The molecule has 1 aromatic carbocycles. The van der Waals surface area contributed by atoms with Crippen LogP contribution in [0.4, 0.5) is 5.69 Å². The fourth-order valence-electron chi connectivity index (χ4n) is 1.99. The zero-order valence-corrected chi connectivity index (χ0v) is 13.5. The van der Waals surface area contributed by atoms with Gasteiger partial charge in [-0.1, -0.05) is 17.8 Å². The highest BCUT2D eigenvalue weighted by molar-refractivity contribution is 7.99. The van der Waals surface area contributed by atoms with Crippen molar-refractivity contribution in [1.29, 1.82) is 0 Å². The van der Waals surface area contributed by atoms with E-state index in [0.717, 1.165) is 5.03 Å². The number of benzene rings is 1. The van der Waals surface area contributed by atoms with Gasteiger partial charge in [-0.2, -0.15) is 9.61 Å². The normalized spacial score (nSPS) is 10.7. The van der Waals surface area contributed by atoms with Crippen LogP contribution < -0.4 is 10.1 Å². The number of nitrogens with one attached hydrogen (secondary N) is 1. The predicted octanol–water partition coefficient (Wildman–Crippen LogP) is 2.17. The third-order valence-electron chi connectivity index (χ3n) is 3.10. The first kappa shape index (κ1) is 15.3. The molecule has 2 heterocycles. The van der Waals surface area contributed by atoms with Crippen molar-refractivity contribution in [3.8, 4) is 5.75 Å². The minimum Gasteiger partial charge on any atom is -0.497 e. The van der Waals surface area contributed by atoms with Crippen molar-refractivity contribution in [2.75, 3.05) is 18.2 Å². The van der Waals surface area contributed by atoms with E-state index in [-0.39, 0.29) is 11.7 Å². The number of hydrogen-bond donors (Lipinski definition) is 1. The van der Waals surface area contributed by atoms with Crippen molar-refractivity contribution in [3.05, 3.63) is 42.2 Å². The van der Waals surface area contributed by atoms with E-state index in [1.807, 2.05) is 37.3 Å². The summed E-state index contributed by atoms with van der Waals surface area (Å²) in [6.07, 6.45) is 0. The highest BCUT2D eigenvalue weighted by atomic mass is 32.2. The molecule has 1 N–H and O–H groups in total. The largest absolute Gasteiger partial charge is 0.497 e. The molecule has 0 saturated heterocycles. The molecule has 0 saturated carbocycles. The lowest BCUT2D eigenvalue weighted by Gasteiger charge is -2.06.